The van der Waals surface area contributed by atoms with Crippen LogP contribution in [0.25, 0.3) is 11.0 Å². The van der Waals surface area contributed by atoms with Crippen molar-refractivity contribution in [3.05, 3.63) is 24.3 Å². The molecule has 5 heteroatoms. The Bertz CT molecular complexity index is 474. The minimum absolute atomic E-state index is 0.250. The second-order valence-electron chi connectivity index (χ2n) is 3.65. The zero-order chi connectivity index (χ0) is 11.4. The molecule has 0 spiro atoms. The van der Waals surface area contributed by atoms with E-state index in [4.69, 9.17) is 11.6 Å². The maximum Gasteiger partial charge on any atom is 0.243 e. The van der Waals surface area contributed by atoms with Gasteiger partial charge in [-0.25, -0.2) is 4.98 Å². The van der Waals surface area contributed by atoms with Gasteiger partial charge in [-0.15, -0.1) is 21.8 Å². The van der Waals surface area contributed by atoms with Gasteiger partial charge in [-0.3, -0.25) is 0 Å². The van der Waals surface area contributed by atoms with Crippen molar-refractivity contribution in [2.24, 2.45) is 0 Å². The molecule has 2 aromatic rings. The van der Waals surface area contributed by atoms with Crippen LogP contribution < -0.4 is 5.32 Å². The third-order valence-electron chi connectivity index (χ3n) is 2.28. The van der Waals surface area contributed by atoms with Crippen molar-refractivity contribution < 1.29 is 0 Å². The fraction of sp³-hybridized carbons (Fsp3) is 0.364. The lowest BCUT2D eigenvalue weighted by atomic mass is 10.3. The van der Waals surface area contributed by atoms with E-state index in [-0.39, 0.29) is 6.04 Å². The smallest absolute Gasteiger partial charge is 0.243 e. The van der Waals surface area contributed by atoms with Crippen LogP contribution in [0.1, 0.15) is 13.3 Å². The number of aromatic nitrogens is 3. The summed E-state index contributed by atoms with van der Waals surface area (Å²) >= 11 is 5.66. The van der Waals surface area contributed by atoms with Crippen LogP contribution in [0.4, 0.5) is 5.95 Å². The third kappa shape index (κ3) is 2.58. The molecule has 84 valence electrons. The molecule has 1 atom stereocenters. The molecule has 0 bridgehead atoms. The van der Waals surface area contributed by atoms with Gasteiger partial charge in [0.1, 0.15) is 5.52 Å². The fourth-order valence-corrected chi connectivity index (χ4v) is 1.73. The summed E-state index contributed by atoms with van der Waals surface area (Å²) in [5, 5.41) is 11.3. The van der Waals surface area contributed by atoms with E-state index >= 15 is 0 Å². The molecule has 0 aliphatic rings. The Labute approximate surface area is 99.1 Å². The molecule has 2 rings (SSSR count). The molecule has 16 heavy (non-hydrogen) atoms. The van der Waals surface area contributed by atoms with Crippen LogP contribution in [0.5, 0.6) is 0 Å². The van der Waals surface area contributed by atoms with Crippen molar-refractivity contribution in [3.8, 4) is 0 Å². The van der Waals surface area contributed by atoms with Crippen LogP contribution in [0.2, 0.25) is 0 Å². The fourth-order valence-electron chi connectivity index (χ4n) is 1.40. The molecule has 4 nitrogen and oxygen atoms in total. The first-order valence-corrected chi connectivity index (χ1v) is 5.75. The highest BCUT2D eigenvalue weighted by molar-refractivity contribution is 6.17. The number of halogens is 1. The standard InChI is InChI=1S/C11H13ClN4/c1-8(6-7-12)13-11-14-9-4-2-3-5-10(9)15-16-11/h2-5,8H,6-7H2,1H3,(H,13,14,16). The van der Waals surface area contributed by atoms with E-state index in [1.165, 1.54) is 0 Å². The minimum Gasteiger partial charge on any atom is -0.350 e. The lowest BCUT2D eigenvalue weighted by Gasteiger charge is -2.11. The van der Waals surface area contributed by atoms with Gasteiger partial charge in [0.15, 0.2) is 0 Å². The molecule has 0 fully saturated rings. The Morgan fingerprint density at radius 3 is 2.75 bits per heavy atom. The quantitative estimate of drug-likeness (QED) is 0.829. The summed E-state index contributed by atoms with van der Waals surface area (Å²) in [6.45, 7) is 2.04. The van der Waals surface area contributed by atoms with Crippen LogP contribution >= 0.6 is 11.6 Å². The van der Waals surface area contributed by atoms with Gasteiger partial charge in [0.2, 0.25) is 5.95 Å². The highest BCUT2D eigenvalue weighted by Crippen LogP contribution is 2.10. The molecular formula is C11H13ClN4. The predicted molar refractivity (Wildman–Crippen MR) is 65.8 cm³/mol. The number of benzene rings is 1. The highest BCUT2D eigenvalue weighted by atomic mass is 35.5. The van der Waals surface area contributed by atoms with Crippen LogP contribution in [-0.4, -0.2) is 27.1 Å². The van der Waals surface area contributed by atoms with Crippen molar-refractivity contribution >= 4 is 28.6 Å². The van der Waals surface area contributed by atoms with E-state index in [9.17, 15) is 0 Å². The van der Waals surface area contributed by atoms with Gasteiger partial charge in [-0.2, -0.15) is 0 Å². The monoisotopic (exact) mass is 236 g/mol. The average Bonchev–Trinajstić information content (AvgIpc) is 2.29. The number of alkyl halides is 1. The molecule has 1 unspecified atom stereocenters. The van der Waals surface area contributed by atoms with Gasteiger partial charge < -0.3 is 5.32 Å². The normalized spacial score (nSPS) is 12.6. The van der Waals surface area contributed by atoms with E-state index in [2.05, 4.69) is 20.5 Å². The summed E-state index contributed by atoms with van der Waals surface area (Å²) in [5.74, 6) is 1.17. The number of nitrogens with one attached hydrogen (secondary N) is 1. The van der Waals surface area contributed by atoms with Crippen LogP contribution in [-0.2, 0) is 0 Å². The minimum atomic E-state index is 0.250. The third-order valence-corrected chi connectivity index (χ3v) is 2.50. The number of anilines is 1. The number of nitrogens with zero attached hydrogens (tertiary/aromatic N) is 3. The van der Waals surface area contributed by atoms with Gasteiger partial charge in [0, 0.05) is 11.9 Å². The van der Waals surface area contributed by atoms with E-state index in [1.807, 2.05) is 31.2 Å². The first kappa shape index (κ1) is 11.1. The van der Waals surface area contributed by atoms with Gasteiger partial charge in [0.25, 0.3) is 0 Å². The van der Waals surface area contributed by atoms with Crippen LogP contribution in [0.3, 0.4) is 0 Å². The van der Waals surface area contributed by atoms with Crippen LogP contribution in [0.15, 0.2) is 24.3 Å². The van der Waals surface area contributed by atoms with Gasteiger partial charge >= 0.3 is 0 Å². The molecule has 0 saturated heterocycles. The Morgan fingerprint density at radius 1 is 1.25 bits per heavy atom. The average molecular weight is 237 g/mol. The van der Waals surface area contributed by atoms with E-state index in [0.29, 0.717) is 11.8 Å². The van der Waals surface area contributed by atoms with E-state index in [0.717, 1.165) is 17.5 Å². The second kappa shape index (κ2) is 5.07. The van der Waals surface area contributed by atoms with Crippen molar-refractivity contribution in [3.63, 3.8) is 0 Å². The maximum absolute atomic E-state index is 5.66. The summed E-state index contributed by atoms with van der Waals surface area (Å²) in [5.41, 5.74) is 1.65. The Morgan fingerprint density at radius 2 is 2.00 bits per heavy atom. The van der Waals surface area contributed by atoms with Crippen molar-refractivity contribution in [2.45, 2.75) is 19.4 Å². The molecule has 1 aromatic carbocycles. The van der Waals surface area contributed by atoms with Gasteiger partial charge in [0.05, 0.1) is 5.52 Å². The van der Waals surface area contributed by atoms with Crippen molar-refractivity contribution in [2.75, 3.05) is 11.2 Å². The topological polar surface area (TPSA) is 50.7 Å². The molecule has 1 N–H and O–H groups in total. The molecule has 0 aliphatic heterocycles. The molecule has 0 aliphatic carbocycles. The number of hydrogen-bond acceptors (Lipinski definition) is 4. The molecule has 1 aromatic heterocycles. The highest BCUT2D eigenvalue weighted by Gasteiger charge is 2.04. The largest absolute Gasteiger partial charge is 0.350 e. The SMILES string of the molecule is CC(CCCl)Nc1nnc2ccccc2n1. The van der Waals surface area contributed by atoms with Gasteiger partial charge in [-0.05, 0) is 25.5 Å². The predicted octanol–water partition coefficient (Wildman–Crippen LogP) is 2.45. The molecule has 0 radical (unpaired) electrons. The molecular weight excluding hydrogens is 224 g/mol. The molecule has 1 heterocycles. The zero-order valence-electron chi connectivity index (χ0n) is 9.02. The van der Waals surface area contributed by atoms with Crippen molar-refractivity contribution in [1.82, 2.24) is 15.2 Å². The number of hydrogen-bond donors (Lipinski definition) is 1. The summed E-state index contributed by atoms with van der Waals surface area (Å²) in [7, 11) is 0. The Hall–Kier alpha value is -1.42. The van der Waals surface area contributed by atoms with Gasteiger partial charge in [-0.1, -0.05) is 12.1 Å². The first-order chi connectivity index (χ1) is 7.79. The summed E-state index contributed by atoms with van der Waals surface area (Å²) in [6.07, 6.45) is 0.873. The zero-order valence-corrected chi connectivity index (χ0v) is 9.78. The number of rotatable bonds is 4. The summed E-state index contributed by atoms with van der Waals surface area (Å²) in [4.78, 5) is 4.37. The van der Waals surface area contributed by atoms with Crippen molar-refractivity contribution in [1.29, 1.82) is 0 Å². The Balaban J connectivity index is 2.19. The first-order valence-electron chi connectivity index (χ1n) is 5.21. The maximum atomic E-state index is 5.66. The molecule has 0 saturated carbocycles. The summed E-state index contributed by atoms with van der Waals surface area (Å²) in [6, 6.07) is 7.91. The lowest BCUT2D eigenvalue weighted by Crippen LogP contribution is -2.17. The molecule has 0 amide bonds. The lowest BCUT2D eigenvalue weighted by molar-refractivity contribution is 0.753. The number of para-hydroxylation sites is 1. The Kier molecular flexibility index (Phi) is 3.51. The van der Waals surface area contributed by atoms with E-state index < -0.39 is 0 Å². The van der Waals surface area contributed by atoms with Crippen LogP contribution in [0, 0.1) is 0 Å². The van der Waals surface area contributed by atoms with E-state index in [1.54, 1.807) is 0 Å². The summed E-state index contributed by atoms with van der Waals surface area (Å²) < 4.78 is 0. The second-order valence-corrected chi connectivity index (χ2v) is 4.03. The number of fused-ring (bicyclic) bond motifs is 1.